The van der Waals surface area contributed by atoms with Crippen LogP contribution in [0.1, 0.15) is 12.2 Å². The first-order chi connectivity index (χ1) is 6.59. The molecule has 0 bridgehead atoms. The van der Waals surface area contributed by atoms with Gasteiger partial charge in [-0.2, -0.15) is 13.9 Å². The van der Waals surface area contributed by atoms with E-state index in [0.717, 1.165) is 0 Å². The molecule has 0 unspecified atom stereocenters. The lowest BCUT2D eigenvalue weighted by Gasteiger charge is -2.03. The highest BCUT2D eigenvalue weighted by Crippen LogP contribution is 2.23. The molecule has 0 N–H and O–H groups in total. The molecule has 0 aliphatic heterocycles. The summed E-state index contributed by atoms with van der Waals surface area (Å²) in [6.07, 6.45) is 1.35. The number of pyridine rings is 1. The standard InChI is InChI=1S/C8H6ClF2N3/c1-4-7-5(2-6(9)13-4)3-12-14(7)8(10)11/h2-3,8H,1H3. The largest absolute Gasteiger partial charge is 0.333 e. The Morgan fingerprint density at radius 3 is 2.86 bits per heavy atom. The Morgan fingerprint density at radius 1 is 1.50 bits per heavy atom. The van der Waals surface area contributed by atoms with Crippen LogP contribution in [-0.2, 0) is 0 Å². The zero-order valence-electron chi connectivity index (χ0n) is 7.21. The maximum Gasteiger partial charge on any atom is 0.333 e. The van der Waals surface area contributed by atoms with Crippen LogP contribution in [0.5, 0.6) is 0 Å². The maximum absolute atomic E-state index is 12.5. The number of fused-ring (bicyclic) bond motifs is 1. The minimum Gasteiger partial charge on any atom is -0.239 e. The third-order valence-electron chi connectivity index (χ3n) is 1.90. The summed E-state index contributed by atoms with van der Waals surface area (Å²) >= 11 is 5.68. The maximum atomic E-state index is 12.5. The quantitative estimate of drug-likeness (QED) is 0.688. The lowest BCUT2D eigenvalue weighted by atomic mass is 10.3. The molecule has 2 heterocycles. The van der Waals surface area contributed by atoms with Crippen LogP contribution in [-0.4, -0.2) is 14.8 Å². The molecule has 0 spiro atoms. The van der Waals surface area contributed by atoms with Crippen LogP contribution in [0.15, 0.2) is 12.3 Å². The third-order valence-corrected chi connectivity index (χ3v) is 2.09. The highest BCUT2D eigenvalue weighted by atomic mass is 35.5. The molecule has 0 aliphatic carbocycles. The van der Waals surface area contributed by atoms with E-state index in [0.29, 0.717) is 21.3 Å². The van der Waals surface area contributed by atoms with E-state index in [4.69, 9.17) is 11.6 Å². The van der Waals surface area contributed by atoms with Gasteiger partial charge in [0.1, 0.15) is 5.15 Å². The molecule has 0 aromatic carbocycles. The summed E-state index contributed by atoms with van der Waals surface area (Å²) < 4.78 is 25.5. The van der Waals surface area contributed by atoms with Crippen LogP contribution < -0.4 is 0 Å². The smallest absolute Gasteiger partial charge is 0.239 e. The second-order valence-electron chi connectivity index (χ2n) is 2.84. The lowest BCUT2D eigenvalue weighted by molar-refractivity contribution is 0.0613. The third kappa shape index (κ3) is 1.33. The van der Waals surface area contributed by atoms with E-state index in [-0.39, 0.29) is 5.15 Å². The highest BCUT2D eigenvalue weighted by Gasteiger charge is 2.14. The first kappa shape index (κ1) is 9.33. The van der Waals surface area contributed by atoms with Gasteiger partial charge < -0.3 is 0 Å². The zero-order chi connectivity index (χ0) is 10.3. The van der Waals surface area contributed by atoms with E-state index in [1.54, 1.807) is 6.92 Å². The molecule has 0 atom stereocenters. The summed E-state index contributed by atoms with van der Waals surface area (Å²) in [6.45, 7) is -1.04. The Balaban J connectivity index is 2.79. The van der Waals surface area contributed by atoms with Gasteiger partial charge in [-0.05, 0) is 13.0 Å². The average Bonchev–Trinajstić information content (AvgIpc) is 2.47. The molecule has 74 valence electrons. The fourth-order valence-electron chi connectivity index (χ4n) is 1.38. The van der Waals surface area contributed by atoms with E-state index in [1.165, 1.54) is 12.3 Å². The van der Waals surface area contributed by atoms with Gasteiger partial charge in [0.25, 0.3) is 0 Å². The van der Waals surface area contributed by atoms with Crippen LogP contribution in [0.2, 0.25) is 5.15 Å². The van der Waals surface area contributed by atoms with E-state index < -0.39 is 6.55 Å². The normalized spacial score (nSPS) is 11.5. The number of nitrogens with zero attached hydrogens (tertiary/aromatic N) is 3. The first-order valence-corrected chi connectivity index (χ1v) is 4.26. The number of alkyl halides is 2. The molecule has 0 aliphatic rings. The fraction of sp³-hybridized carbons (Fsp3) is 0.250. The van der Waals surface area contributed by atoms with Crippen molar-refractivity contribution in [1.29, 1.82) is 0 Å². The number of hydrogen-bond donors (Lipinski definition) is 0. The molecule has 0 saturated heterocycles. The second kappa shape index (κ2) is 3.16. The van der Waals surface area contributed by atoms with Crippen LogP contribution in [0.3, 0.4) is 0 Å². The monoisotopic (exact) mass is 217 g/mol. The predicted molar refractivity (Wildman–Crippen MR) is 48.5 cm³/mol. The van der Waals surface area contributed by atoms with Gasteiger partial charge in [0.15, 0.2) is 0 Å². The van der Waals surface area contributed by atoms with Crippen molar-refractivity contribution < 1.29 is 8.78 Å². The molecule has 0 radical (unpaired) electrons. The molecule has 2 aromatic heterocycles. The molecular formula is C8H6ClF2N3. The Labute approximate surface area is 83.3 Å². The Bertz CT molecular complexity index is 481. The van der Waals surface area contributed by atoms with Crippen LogP contribution >= 0.6 is 11.6 Å². The Morgan fingerprint density at radius 2 is 2.21 bits per heavy atom. The summed E-state index contributed by atoms with van der Waals surface area (Å²) in [5, 5.41) is 4.42. The number of halogens is 3. The summed E-state index contributed by atoms with van der Waals surface area (Å²) in [6, 6.07) is 1.51. The van der Waals surface area contributed by atoms with Crippen LogP contribution in [0.4, 0.5) is 8.78 Å². The molecular weight excluding hydrogens is 212 g/mol. The van der Waals surface area contributed by atoms with Crippen molar-refractivity contribution in [3.63, 3.8) is 0 Å². The van der Waals surface area contributed by atoms with E-state index in [2.05, 4.69) is 10.1 Å². The lowest BCUT2D eigenvalue weighted by Crippen LogP contribution is -2.01. The van der Waals surface area contributed by atoms with Crippen molar-refractivity contribution in [2.75, 3.05) is 0 Å². The summed E-state index contributed by atoms with van der Waals surface area (Å²) in [5.74, 6) is 0. The van der Waals surface area contributed by atoms with Gasteiger partial charge >= 0.3 is 6.55 Å². The van der Waals surface area contributed by atoms with Crippen molar-refractivity contribution in [3.8, 4) is 0 Å². The minimum absolute atomic E-state index is 0.281. The molecule has 2 aromatic rings. The van der Waals surface area contributed by atoms with Gasteiger partial charge in [0, 0.05) is 5.39 Å². The van der Waals surface area contributed by atoms with Crippen LogP contribution in [0.25, 0.3) is 10.9 Å². The van der Waals surface area contributed by atoms with Crippen molar-refractivity contribution >= 4 is 22.5 Å². The first-order valence-electron chi connectivity index (χ1n) is 3.88. The molecule has 6 heteroatoms. The molecule has 0 fully saturated rings. The van der Waals surface area contributed by atoms with Gasteiger partial charge in [0.05, 0.1) is 17.4 Å². The number of aromatic nitrogens is 3. The minimum atomic E-state index is -2.66. The fourth-order valence-corrected chi connectivity index (χ4v) is 1.62. The van der Waals surface area contributed by atoms with Gasteiger partial charge in [-0.15, -0.1) is 0 Å². The molecule has 2 rings (SSSR count). The van der Waals surface area contributed by atoms with Gasteiger partial charge in [0.2, 0.25) is 0 Å². The number of aryl methyl sites for hydroxylation is 1. The summed E-state index contributed by atoms with van der Waals surface area (Å²) in [7, 11) is 0. The summed E-state index contributed by atoms with van der Waals surface area (Å²) in [5.41, 5.74) is 0.773. The molecule has 14 heavy (non-hydrogen) atoms. The molecule has 0 amide bonds. The number of rotatable bonds is 1. The predicted octanol–water partition coefficient (Wildman–Crippen LogP) is 2.79. The van der Waals surface area contributed by atoms with E-state index in [1.807, 2.05) is 0 Å². The second-order valence-corrected chi connectivity index (χ2v) is 3.22. The van der Waals surface area contributed by atoms with Crippen molar-refractivity contribution in [2.45, 2.75) is 13.5 Å². The van der Waals surface area contributed by atoms with E-state index >= 15 is 0 Å². The van der Waals surface area contributed by atoms with Gasteiger partial charge in [-0.3, -0.25) is 0 Å². The Kier molecular flexibility index (Phi) is 2.11. The van der Waals surface area contributed by atoms with Crippen LogP contribution in [0, 0.1) is 6.92 Å². The van der Waals surface area contributed by atoms with E-state index in [9.17, 15) is 8.78 Å². The average molecular weight is 218 g/mol. The molecule has 3 nitrogen and oxygen atoms in total. The van der Waals surface area contributed by atoms with Crippen molar-refractivity contribution in [2.24, 2.45) is 0 Å². The summed E-state index contributed by atoms with van der Waals surface area (Å²) in [4.78, 5) is 3.89. The highest BCUT2D eigenvalue weighted by molar-refractivity contribution is 6.30. The number of hydrogen-bond acceptors (Lipinski definition) is 2. The zero-order valence-corrected chi connectivity index (χ0v) is 7.96. The topological polar surface area (TPSA) is 30.7 Å². The van der Waals surface area contributed by atoms with Crippen molar-refractivity contribution in [3.05, 3.63) is 23.1 Å². The van der Waals surface area contributed by atoms with Crippen molar-refractivity contribution in [1.82, 2.24) is 14.8 Å². The Hall–Kier alpha value is -1.23. The van der Waals surface area contributed by atoms with Gasteiger partial charge in [-0.1, -0.05) is 11.6 Å². The SMILES string of the molecule is Cc1nc(Cl)cc2cnn(C(F)F)c12. The molecule has 0 saturated carbocycles. The van der Waals surface area contributed by atoms with Gasteiger partial charge in [-0.25, -0.2) is 9.67 Å².